The maximum absolute atomic E-state index is 12.3. The van der Waals surface area contributed by atoms with Crippen molar-refractivity contribution in [2.24, 2.45) is 0 Å². The zero-order valence-corrected chi connectivity index (χ0v) is 12.0. The van der Waals surface area contributed by atoms with Crippen molar-refractivity contribution in [3.63, 3.8) is 0 Å². The number of para-hydroxylation sites is 1. The first kappa shape index (κ1) is 13.6. The van der Waals surface area contributed by atoms with E-state index in [2.05, 4.69) is 15.5 Å². The van der Waals surface area contributed by atoms with Crippen LogP contribution in [-0.4, -0.2) is 16.0 Å². The number of fused-ring (bicyclic) bond motifs is 1. The molecule has 0 aliphatic carbocycles. The van der Waals surface area contributed by atoms with Gasteiger partial charge in [0.1, 0.15) is 16.6 Å². The van der Waals surface area contributed by atoms with Gasteiger partial charge in [0.15, 0.2) is 0 Å². The van der Waals surface area contributed by atoms with Gasteiger partial charge >= 0.3 is 0 Å². The lowest BCUT2D eigenvalue weighted by molar-refractivity contribution is 0.0951. The molecule has 0 spiro atoms. The van der Waals surface area contributed by atoms with E-state index in [1.54, 1.807) is 19.1 Å². The Bertz CT molecular complexity index is 814. The average molecular weight is 302 g/mol. The number of nitrogens with one attached hydrogen (secondary N) is 1. The smallest absolute Gasteiger partial charge is 0.252 e. The van der Waals surface area contributed by atoms with Crippen LogP contribution in [0.4, 0.5) is 0 Å². The molecule has 6 heteroatoms. The van der Waals surface area contributed by atoms with Gasteiger partial charge in [-0.1, -0.05) is 35.0 Å². The highest BCUT2D eigenvalue weighted by Gasteiger charge is 2.12. The molecular formula is C15H12ClN3O2. The highest BCUT2D eigenvalue weighted by Crippen LogP contribution is 2.20. The Morgan fingerprint density at radius 3 is 2.90 bits per heavy atom. The van der Waals surface area contributed by atoms with Crippen LogP contribution in [0.1, 0.15) is 21.8 Å². The first-order valence-corrected chi connectivity index (χ1v) is 6.77. The summed E-state index contributed by atoms with van der Waals surface area (Å²) in [6.45, 7) is 2.10. The van der Waals surface area contributed by atoms with Crippen LogP contribution in [0.5, 0.6) is 0 Å². The van der Waals surface area contributed by atoms with Gasteiger partial charge in [-0.15, -0.1) is 0 Å². The van der Waals surface area contributed by atoms with Crippen LogP contribution < -0.4 is 5.32 Å². The number of benzene rings is 1. The van der Waals surface area contributed by atoms with E-state index in [1.165, 1.54) is 0 Å². The number of carbonyl (C=O) groups excluding carboxylic acids is 1. The summed E-state index contributed by atoms with van der Waals surface area (Å²) in [5.74, 6) is 0.479. The van der Waals surface area contributed by atoms with E-state index in [-0.39, 0.29) is 11.1 Å². The first-order chi connectivity index (χ1) is 10.1. The molecule has 0 atom stereocenters. The third-order valence-electron chi connectivity index (χ3n) is 3.04. The van der Waals surface area contributed by atoms with Gasteiger partial charge in [-0.3, -0.25) is 4.79 Å². The van der Waals surface area contributed by atoms with Crippen LogP contribution in [0.15, 0.2) is 40.9 Å². The second-order valence-electron chi connectivity index (χ2n) is 4.62. The first-order valence-electron chi connectivity index (χ1n) is 6.39. The predicted octanol–water partition coefficient (Wildman–Crippen LogP) is 3.11. The Kier molecular flexibility index (Phi) is 3.58. The van der Waals surface area contributed by atoms with Crippen LogP contribution in [0.3, 0.4) is 0 Å². The minimum atomic E-state index is -0.226. The molecule has 3 aromatic rings. The minimum absolute atomic E-state index is 0.226. The third-order valence-corrected chi connectivity index (χ3v) is 3.23. The summed E-state index contributed by atoms with van der Waals surface area (Å²) < 4.78 is 4.96. The van der Waals surface area contributed by atoms with Crippen molar-refractivity contribution in [3.05, 3.63) is 58.6 Å². The number of aromatic nitrogens is 2. The second kappa shape index (κ2) is 5.54. The average Bonchev–Trinajstić information content (AvgIpc) is 2.89. The van der Waals surface area contributed by atoms with E-state index < -0.39 is 0 Å². The van der Waals surface area contributed by atoms with Crippen molar-refractivity contribution >= 4 is 28.4 Å². The number of hydrogen-bond acceptors (Lipinski definition) is 4. The van der Waals surface area contributed by atoms with Crippen LogP contribution in [0.25, 0.3) is 10.9 Å². The lowest BCUT2D eigenvalue weighted by atomic mass is 10.1. The van der Waals surface area contributed by atoms with Crippen molar-refractivity contribution < 1.29 is 9.32 Å². The fourth-order valence-electron chi connectivity index (χ4n) is 2.10. The van der Waals surface area contributed by atoms with Gasteiger partial charge in [-0.05, 0) is 19.1 Å². The van der Waals surface area contributed by atoms with Crippen molar-refractivity contribution in [1.82, 2.24) is 15.5 Å². The fraction of sp³-hybridized carbons (Fsp3) is 0.133. The molecule has 5 nitrogen and oxygen atoms in total. The van der Waals surface area contributed by atoms with Crippen molar-refractivity contribution in [2.45, 2.75) is 13.5 Å². The number of rotatable bonds is 3. The molecule has 3 rings (SSSR count). The van der Waals surface area contributed by atoms with Gasteiger partial charge < -0.3 is 9.84 Å². The van der Waals surface area contributed by atoms with Crippen LogP contribution in [0.2, 0.25) is 5.15 Å². The Hall–Kier alpha value is -2.40. The Morgan fingerprint density at radius 2 is 2.14 bits per heavy atom. The summed E-state index contributed by atoms with van der Waals surface area (Å²) >= 11 is 5.97. The van der Waals surface area contributed by atoms with Crippen LogP contribution in [0, 0.1) is 6.92 Å². The van der Waals surface area contributed by atoms with Crippen molar-refractivity contribution in [1.29, 1.82) is 0 Å². The Labute approximate surface area is 125 Å². The van der Waals surface area contributed by atoms with E-state index in [9.17, 15) is 4.79 Å². The molecule has 0 aliphatic rings. The van der Waals surface area contributed by atoms with Crippen LogP contribution in [-0.2, 0) is 6.54 Å². The molecule has 0 aliphatic heterocycles. The number of aryl methyl sites for hydroxylation is 1. The van der Waals surface area contributed by atoms with Gasteiger partial charge in [0.2, 0.25) is 0 Å². The fourth-order valence-corrected chi connectivity index (χ4v) is 2.30. The molecule has 0 saturated carbocycles. The molecule has 1 N–H and O–H groups in total. The summed E-state index contributed by atoms with van der Waals surface area (Å²) in [4.78, 5) is 16.5. The second-order valence-corrected chi connectivity index (χ2v) is 5.01. The maximum atomic E-state index is 12.3. The number of amides is 1. The molecule has 1 amide bonds. The predicted molar refractivity (Wildman–Crippen MR) is 79.2 cm³/mol. The van der Waals surface area contributed by atoms with E-state index in [4.69, 9.17) is 16.1 Å². The minimum Gasteiger partial charge on any atom is -0.361 e. The number of carbonyl (C=O) groups is 1. The van der Waals surface area contributed by atoms with Crippen molar-refractivity contribution in [2.75, 3.05) is 0 Å². The molecule has 0 saturated heterocycles. The highest BCUT2D eigenvalue weighted by atomic mass is 35.5. The number of nitrogens with zero attached hydrogens (tertiary/aromatic N) is 2. The Balaban J connectivity index is 1.87. The summed E-state index contributed by atoms with van der Waals surface area (Å²) in [6, 6.07) is 10.7. The Morgan fingerprint density at radius 1 is 1.33 bits per heavy atom. The van der Waals surface area contributed by atoms with E-state index >= 15 is 0 Å². The molecule has 2 heterocycles. The molecule has 1 aromatic carbocycles. The zero-order chi connectivity index (χ0) is 14.8. The normalized spacial score (nSPS) is 10.8. The lowest BCUT2D eigenvalue weighted by Gasteiger charge is -2.07. The molecule has 0 bridgehead atoms. The molecule has 21 heavy (non-hydrogen) atoms. The van der Waals surface area contributed by atoms with Gasteiger partial charge in [-0.25, -0.2) is 4.98 Å². The van der Waals surface area contributed by atoms with E-state index in [0.717, 1.165) is 5.39 Å². The summed E-state index contributed by atoms with van der Waals surface area (Å²) in [5, 5.41) is 7.68. The number of hydrogen-bond donors (Lipinski definition) is 1. The standard InChI is InChI=1S/C15H12ClN3O2/c1-9-6-10(19-21-9)8-17-15(20)12-7-14(16)18-13-5-3-2-4-11(12)13/h2-7H,8H2,1H3,(H,17,20). The largest absolute Gasteiger partial charge is 0.361 e. The van der Waals surface area contributed by atoms with Gasteiger partial charge in [0, 0.05) is 11.5 Å². The molecular weight excluding hydrogens is 290 g/mol. The summed E-state index contributed by atoms with van der Waals surface area (Å²) in [5.41, 5.74) is 1.85. The molecule has 0 unspecified atom stereocenters. The molecule has 0 radical (unpaired) electrons. The number of halogens is 1. The van der Waals surface area contributed by atoms with Crippen LogP contribution >= 0.6 is 11.6 Å². The van der Waals surface area contributed by atoms with E-state index in [1.807, 2.05) is 24.3 Å². The lowest BCUT2D eigenvalue weighted by Crippen LogP contribution is -2.23. The number of pyridine rings is 1. The third kappa shape index (κ3) is 2.87. The van der Waals surface area contributed by atoms with Crippen molar-refractivity contribution in [3.8, 4) is 0 Å². The quantitative estimate of drug-likeness (QED) is 0.755. The topological polar surface area (TPSA) is 68.0 Å². The molecule has 2 aromatic heterocycles. The van der Waals surface area contributed by atoms with E-state index in [0.29, 0.717) is 29.1 Å². The summed E-state index contributed by atoms with van der Waals surface area (Å²) in [7, 11) is 0. The molecule has 106 valence electrons. The monoisotopic (exact) mass is 301 g/mol. The van der Waals surface area contributed by atoms with Gasteiger partial charge in [0.25, 0.3) is 5.91 Å². The molecule has 0 fully saturated rings. The zero-order valence-electron chi connectivity index (χ0n) is 11.3. The SMILES string of the molecule is Cc1cc(CNC(=O)c2cc(Cl)nc3ccccc23)no1. The highest BCUT2D eigenvalue weighted by molar-refractivity contribution is 6.30. The maximum Gasteiger partial charge on any atom is 0.252 e. The summed E-state index contributed by atoms with van der Waals surface area (Å²) in [6.07, 6.45) is 0. The van der Waals surface area contributed by atoms with Gasteiger partial charge in [0.05, 0.1) is 17.6 Å². The van der Waals surface area contributed by atoms with Gasteiger partial charge in [-0.2, -0.15) is 0 Å².